The molecule has 0 aromatic heterocycles. The number of nitrogens with one attached hydrogen (secondary N) is 1. The highest BCUT2D eigenvalue weighted by Crippen LogP contribution is 2.18. The lowest BCUT2D eigenvalue weighted by Gasteiger charge is -2.22. The molecule has 2 nitrogen and oxygen atoms in total. The molecular formula is C15H21NO. The summed E-state index contributed by atoms with van der Waals surface area (Å²) in [6.45, 7) is 6.11. The first kappa shape index (κ1) is 12.3. The average Bonchev–Trinajstić information content (AvgIpc) is 2.35. The van der Waals surface area contributed by atoms with Crippen LogP contribution in [0, 0.1) is 19.8 Å². The van der Waals surface area contributed by atoms with Gasteiger partial charge in [0.05, 0.1) is 0 Å². The van der Waals surface area contributed by atoms with E-state index in [1.54, 1.807) is 0 Å². The fraction of sp³-hybridized carbons (Fsp3) is 0.533. The van der Waals surface area contributed by atoms with Gasteiger partial charge in [-0.25, -0.2) is 0 Å². The molecule has 0 radical (unpaired) electrons. The van der Waals surface area contributed by atoms with Crippen LogP contribution in [0.15, 0.2) is 18.2 Å². The van der Waals surface area contributed by atoms with Crippen LogP contribution in [0.3, 0.4) is 0 Å². The molecule has 1 fully saturated rings. The van der Waals surface area contributed by atoms with Gasteiger partial charge >= 0.3 is 0 Å². The van der Waals surface area contributed by atoms with Crippen molar-refractivity contribution in [1.82, 2.24) is 5.32 Å². The summed E-state index contributed by atoms with van der Waals surface area (Å²) in [5.41, 5.74) is 3.70. The molecular weight excluding hydrogens is 210 g/mol. The second kappa shape index (κ2) is 5.46. The number of rotatable bonds is 3. The number of hydrogen-bond donors (Lipinski definition) is 1. The summed E-state index contributed by atoms with van der Waals surface area (Å²) in [5, 5.41) is 3.31. The third-order valence-electron chi connectivity index (χ3n) is 3.75. The highest BCUT2D eigenvalue weighted by Gasteiger charge is 2.21. The number of carbonyl (C=O) groups excluding carboxylic acids is 1. The summed E-state index contributed by atoms with van der Waals surface area (Å²) >= 11 is 0. The van der Waals surface area contributed by atoms with Gasteiger partial charge in [0, 0.05) is 18.9 Å². The van der Waals surface area contributed by atoms with Gasteiger partial charge in [0.1, 0.15) is 5.78 Å². The molecule has 0 spiro atoms. The maximum atomic E-state index is 12.2. The fourth-order valence-corrected chi connectivity index (χ4v) is 2.57. The number of hydrogen-bond acceptors (Lipinski definition) is 2. The van der Waals surface area contributed by atoms with Gasteiger partial charge in [0.15, 0.2) is 0 Å². The average molecular weight is 231 g/mol. The molecule has 2 heteroatoms. The molecule has 1 aromatic carbocycles. The Kier molecular flexibility index (Phi) is 3.95. The lowest BCUT2D eigenvalue weighted by atomic mass is 9.89. The van der Waals surface area contributed by atoms with Crippen LogP contribution in [0.25, 0.3) is 0 Å². The Labute approximate surface area is 103 Å². The molecule has 1 saturated heterocycles. The number of aryl methyl sites for hydroxylation is 2. The van der Waals surface area contributed by atoms with E-state index in [-0.39, 0.29) is 5.92 Å². The van der Waals surface area contributed by atoms with E-state index in [1.165, 1.54) is 16.7 Å². The Bertz CT molecular complexity index is 385. The number of Topliss-reactive ketones (excluding diaryl/α,β-unsaturated/α-hetero) is 1. The van der Waals surface area contributed by atoms with Crippen molar-refractivity contribution in [3.05, 3.63) is 34.9 Å². The van der Waals surface area contributed by atoms with Crippen LogP contribution in [-0.4, -0.2) is 18.9 Å². The van der Waals surface area contributed by atoms with E-state index in [0.717, 1.165) is 25.9 Å². The summed E-state index contributed by atoms with van der Waals surface area (Å²) in [6, 6.07) is 6.24. The molecule has 0 aliphatic carbocycles. The van der Waals surface area contributed by atoms with Crippen LogP contribution in [0.5, 0.6) is 0 Å². The number of ketones is 1. The standard InChI is InChI=1S/C15H21NO/c1-11-5-3-6-12(2)14(11)9-15(17)13-7-4-8-16-10-13/h3,5-6,13,16H,4,7-10H2,1-2H3. The van der Waals surface area contributed by atoms with Crippen molar-refractivity contribution in [3.8, 4) is 0 Å². The zero-order chi connectivity index (χ0) is 12.3. The predicted octanol–water partition coefficient (Wildman–Crippen LogP) is 2.41. The van der Waals surface area contributed by atoms with Crippen LogP contribution >= 0.6 is 0 Å². The Morgan fingerprint density at radius 1 is 1.35 bits per heavy atom. The van der Waals surface area contributed by atoms with Gasteiger partial charge in [0.25, 0.3) is 0 Å². The monoisotopic (exact) mass is 231 g/mol. The zero-order valence-corrected chi connectivity index (χ0v) is 10.8. The van der Waals surface area contributed by atoms with E-state index < -0.39 is 0 Å². The Balaban J connectivity index is 2.07. The van der Waals surface area contributed by atoms with Crippen molar-refractivity contribution in [2.45, 2.75) is 33.1 Å². The number of carbonyl (C=O) groups is 1. The van der Waals surface area contributed by atoms with Gasteiger partial charge < -0.3 is 5.32 Å². The maximum absolute atomic E-state index is 12.2. The normalized spacial score (nSPS) is 20.2. The van der Waals surface area contributed by atoms with Gasteiger partial charge in [-0.15, -0.1) is 0 Å². The van der Waals surface area contributed by atoms with Crippen molar-refractivity contribution < 1.29 is 4.79 Å². The van der Waals surface area contributed by atoms with E-state index in [1.807, 2.05) is 0 Å². The zero-order valence-electron chi connectivity index (χ0n) is 10.8. The highest BCUT2D eigenvalue weighted by molar-refractivity contribution is 5.84. The van der Waals surface area contributed by atoms with E-state index in [0.29, 0.717) is 12.2 Å². The largest absolute Gasteiger partial charge is 0.316 e. The van der Waals surface area contributed by atoms with Gasteiger partial charge in [-0.05, 0) is 49.9 Å². The first-order valence-corrected chi connectivity index (χ1v) is 6.47. The molecule has 0 saturated carbocycles. The van der Waals surface area contributed by atoms with E-state index >= 15 is 0 Å². The molecule has 1 aromatic rings. The van der Waals surface area contributed by atoms with Crippen LogP contribution in [-0.2, 0) is 11.2 Å². The topological polar surface area (TPSA) is 29.1 Å². The lowest BCUT2D eigenvalue weighted by molar-refractivity contribution is -0.122. The van der Waals surface area contributed by atoms with Crippen LogP contribution in [0.4, 0.5) is 0 Å². The highest BCUT2D eigenvalue weighted by atomic mass is 16.1. The molecule has 1 unspecified atom stereocenters. The van der Waals surface area contributed by atoms with Gasteiger partial charge in [-0.3, -0.25) is 4.79 Å². The van der Waals surface area contributed by atoms with Gasteiger partial charge in [-0.2, -0.15) is 0 Å². The number of piperidine rings is 1. The summed E-state index contributed by atoms with van der Waals surface area (Å²) in [5.74, 6) is 0.623. The van der Waals surface area contributed by atoms with Gasteiger partial charge in [-0.1, -0.05) is 18.2 Å². The fourth-order valence-electron chi connectivity index (χ4n) is 2.57. The van der Waals surface area contributed by atoms with Crippen molar-refractivity contribution in [2.24, 2.45) is 5.92 Å². The van der Waals surface area contributed by atoms with Crippen molar-refractivity contribution in [3.63, 3.8) is 0 Å². The first-order valence-electron chi connectivity index (χ1n) is 6.47. The number of benzene rings is 1. The van der Waals surface area contributed by atoms with Crippen molar-refractivity contribution >= 4 is 5.78 Å². The smallest absolute Gasteiger partial charge is 0.141 e. The summed E-state index contributed by atoms with van der Waals surface area (Å²) in [6.07, 6.45) is 2.78. The van der Waals surface area contributed by atoms with Crippen LogP contribution in [0.2, 0.25) is 0 Å². The second-order valence-corrected chi connectivity index (χ2v) is 5.06. The molecule has 0 bridgehead atoms. The van der Waals surface area contributed by atoms with E-state index in [9.17, 15) is 4.79 Å². The second-order valence-electron chi connectivity index (χ2n) is 5.06. The summed E-state index contributed by atoms with van der Waals surface area (Å²) in [4.78, 5) is 12.2. The predicted molar refractivity (Wildman–Crippen MR) is 70.2 cm³/mol. The molecule has 1 N–H and O–H groups in total. The Morgan fingerprint density at radius 2 is 2.06 bits per heavy atom. The first-order chi connectivity index (χ1) is 8.18. The maximum Gasteiger partial charge on any atom is 0.141 e. The lowest BCUT2D eigenvalue weighted by Crippen LogP contribution is -2.35. The van der Waals surface area contributed by atoms with Crippen molar-refractivity contribution in [2.75, 3.05) is 13.1 Å². The molecule has 1 atom stereocenters. The molecule has 17 heavy (non-hydrogen) atoms. The molecule has 92 valence electrons. The third-order valence-corrected chi connectivity index (χ3v) is 3.75. The summed E-state index contributed by atoms with van der Waals surface area (Å²) < 4.78 is 0. The molecule has 1 aliphatic heterocycles. The summed E-state index contributed by atoms with van der Waals surface area (Å²) in [7, 11) is 0. The van der Waals surface area contributed by atoms with Gasteiger partial charge in [0.2, 0.25) is 0 Å². The minimum Gasteiger partial charge on any atom is -0.316 e. The molecule has 1 heterocycles. The van der Waals surface area contributed by atoms with Crippen LogP contribution < -0.4 is 5.32 Å². The SMILES string of the molecule is Cc1cccc(C)c1CC(=O)C1CCCNC1. The minimum absolute atomic E-state index is 0.225. The molecule has 0 amide bonds. The van der Waals surface area contributed by atoms with Crippen molar-refractivity contribution in [1.29, 1.82) is 0 Å². The minimum atomic E-state index is 0.225. The van der Waals surface area contributed by atoms with E-state index in [2.05, 4.69) is 37.4 Å². The quantitative estimate of drug-likeness (QED) is 0.865. The van der Waals surface area contributed by atoms with Crippen LogP contribution in [0.1, 0.15) is 29.5 Å². The van der Waals surface area contributed by atoms with E-state index in [4.69, 9.17) is 0 Å². The third kappa shape index (κ3) is 2.95. The Morgan fingerprint density at radius 3 is 2.65 bits per heavy atom. The Hall–Kier alpha value is -1.15. The molecule has 1 aliphatic rings. The molecule has 2 rings (SSSR count).